The minimum absolute atomic E-state index is 0.248. The predicted molar refractivity (Wildman–Crippen MR) is 86.8 cm³/mol. The first-order chi connectivity index (χ1) is 10.5. The van der Waals surface area contributed by atoms with E-state index in [2.05, 4.69) is 15.6 Å². The van der Waals surface area contributed by atoms with Gasteiger partial charge >= 0.3 is 11.8 Å². The van der Waals surface area contributed by atoms with Gasteiger partial charge in [-0.05, 0) is 36.1 Å². The van der Waals surface area contributed by atoms with Crippen molar-refractivity contribution in [2.75, 3.05) is 10.6 Å². The molecule has 0 bridgehead atoms. The lowest BCUT2D eigenvalue weighted by molar-refractivity contribution is -0.133. The summed E-state index contributed by atoms with van der Waals surface area (Å²) in [5, 5.41) is 5.17. The molecule has 0 saturated heterocycles. The minimum Gasteiger partial charge on any atom is -0.318 e. The van der Waals surface area contributed by atoms with E-state index in [0.717, 1.165) is 11.1 Å². The van der Waals surface area contributed by atoms with E-state index in [1.807, 2.05) is 45.0 Å². The topological polar surface area (TPSA) is 71.1 Å². The molecule has 1 aromatic heterocycles. The van der Waals surface area contributed by atoms with Crippen LogP contribution in [0.5, 0.6) is 0 Å². The molecule has 2 aromatic rings. The summed E-state index contributed by atoms with van der Waals surface area (Å²) >= 11 is 0. The van der Waals surface area contributed by atoms with Crippen molar-refractivity contribution < 1.29 is 9.59 Å². The molecule has 0 aliphatic carbocycles. The van der Waals surface area contributed by atoms with Gasteiger partial charge in [-0.25, -0.2) is 4.98 Å². The Morgan fingerprint density at radius 1 is 1.00 bits per heavy atom. The molecule has 0 fully saturated rings. The van der Waals surface area contributed by atoms with Crippen LogP contribution in [-0.2, 0) is 9.59 Å². The molecule has 0 aliphatic heterocycles. The van der Waals surface area contributed by atoms with Gasteiger partial charge in [0.05, 0.1) is 0 Å². The second-order valence-electron chi connectivity index (χ2n) is 5.32. The predicted octanol–water partition coefficient (Wildman–Crippen LogP) is 3.09. The first kappa shape index (κ1) is 15.7. The van der Waals surface area contributed by atoms with E-state index in [4.69, 9.17) is 0 Å². The number of amides is 2. The van der Waals surface area contributed by atoms with Crippen LogP contribution in [0.4, 0.5) is 11.5 Å². The van der Waals surface area contributed by atoms with Crippen LogP contribution in [0.25, 0.3) is 0 Å². The van der Waals surface area contributed by atoms with Crippen LogP contribution in [0.3, 0.4) is 0 Å². The molecule has 0 spiro atoms. The number of hydrogen-bond donors (Lipinski definition) is 2. The number of anilines is 2. The van der Waals surface area contributed by atoms with Gasteiger partial charge in [-0.1, -0.05) is 38.1 Å². The van der Waals surface area contributed by atoms with Gasteiger partial charge in [-0.2, -0.15) is 0 Å². The van der Waals surface area contributed by atoms with Crippen LogP contribution in [0.1, 0.15) is 30.9 Å². The summed E-state index contributed by atoms with van der Waals surface area (Å²) in [5.74, 6) is -0.809. The van der Waals surface area contributed by atoms with Crippen LogP contribution in [0, 0.1) is 6.92 Å². The third-order valence-electron chi connectivity index (χ3n) is 3.28. The Kier molecular flexibility index (Phi) is 4.88. The van der Waals surface area contributed by atoms with Crippen molar-refractivity contribution in [3.8, 4) is 0 Å². The number of aryl methyl sites for hydroxylation is 1. The van der Waals surface area contributed by atoms with Gasteiger partial charge in [0.1, 0.15) is 5.82 Å². The van der Waals surface area contributed by atoms with Gasteiger partial charge in [-0.15, -0.1) is 0 Å². The molecule has 0 saturated carbocycles. The van der Waals surface area contributed by atoms with Crippen molar-refractivity contribution in [3.05, 3.63) is 53.7 Å². The minimum atomic E-state index is -0.736. The van der Waals surface area contributed by atoms with Crippen molar-refractivity contribution in [1.82, 2.24) is 4.98 Å². The Balaban J connectivity index is 2.10. The summed E-state index contributed by atoms with van der Waals surface area (Å²) < 4.78 is 0. The zero-order valence-electron chi connectivity index (χ0n) is 12.9. The number of carbonyl (C=O) groups excluding carboxylic acids is 2. The molecule has 0 aliphatic rings. The summed E-state index contributed by atoms with van der Waals surface area (Å²) in [7, 11) is 0. The van der Waals surface area contributed by atoms with Crippen LogP contribution < -0.4 is 10.6 Å². The summed E-state index contributed by atoms with van der Waals surface area (Å²) in [6.07, 6.45) is 1.56. The van der Waals surface area contributed by atoms with Gasteiger partial charge in [0.25, 0.3) is 0 Å². The van der Waals surface area contributed by atoms with Crippen molar-refractivity contribution in [2.45, 2.75) is 26.7 Å². The number of benzene rings is 1. The highest BCUT2D eigenvalue weighted by Gasteiger charge is 2.17. The maximum absolute atomic E-state index is 12.1. The lowest BCUT2D eigenvalue weighted by Crippen LogP contribution is -2.30. The number of rotatable bonds is 3. The maximum Gasteiger partial charge on any atom is 0.315 e. The zero-order valence-corrected chi connectivity index (χ0v) is 12.9. The Morgan fingerprint density at radius 3 is 2.36 bits per heavy atom. The largest absolute Gasteiger partial charge is 0.318 e. The monoisotopic (exact) mass is 297 g/mol. The normalized spacial score (nSPS) is 10.4. The number of aromatic nitrogens is 1. The molecule has 0 atom stereocenters. The van der Waals surface area contributed by atoms with E-state index >= 15 is 0 Å². The summed E-state index contributed by atoms with van der Waals surface area (Å²) in [6.45, 7) is 5.87. The number of pyridine rings is 1. The summed E-state index contributed by atoms with van der Waals surface area (Å²) in [6, 6.07) is 11.0. The van der Waals surface area contributed by atoms with Gasteiger partial charge in [0.2, 0.25) is 0 Å². The Hall–Kier alpha value is -2.69. The van der Waals surface area contributed by atoms with Gasteiger partial charge in [-0.3, -0.25) is 9.59 Å². The molecule has 2 N–H and O–H groups in total. The van der Waals surface area contributed by atoms with E-state index in [1.165, 1.54) is 0 Å². The average Bonchev–Trinajstić information content (AvgIpc) is 2.49. The van der Waals surface area contributed by atoms with Gasteiger partial charge < -0.3 is 10.6 Å². The van der Waals surface area contributed by atoms with Crippen LogP contribution in [0.15, 0.2) is 42.6 Å². The molecular weight excluding hydrogens is 278 g/mol. The fourth-order valence-electron chi connectivity index (χ4n) is 2.07. The molecule has 5 nitrogen and oxygen atoms in total. The molecule has 1 aromatic carbocycles. The first-order valence-electron chi connectivity index (χ1n) is 7.12. The molecule has 5 heteroatoms. The SMILES string of the molecule is Cc1cccnc1NC(=O)C(=O)Nc1ccccc1C(C)C. The molecule has 0 radical (unpaired) electrons. The molecule has 2 amide bonds. The van der Waals surface area contributed by atoms with Gasteiger partial charge in [0.15, 0.2) is 0 Å². The summed E-state index contributed by atoms with van der Waals surface area (Å²) in [4.78, 5) is 28.1. The Morgan fingerprint density at radius 2 is 1.68 bits per heavy atom. The third kappa shape index (κ3) is 3.69. The summed E-state index contributed by atoms with van der Waals surface area (Å²) in [5.41, 5.74) is 2.43. The quantitative estimate of drug-likeness (QED) is 0.855. The number of nitrogens with one attached hydrogen (secondary N) is 2. The molecule has 2 rings (SSSR count). The van der Waals surface area contributed by atoms with E-state index in [1.54, 1.807) is 18.3 Å². The molecule has 22 heavy (non-hydrogen) atoms. The zero-order chi connectivity index (χ0) is 16.1. The lowest BCUT2D eigenvalue weighted by Gasteiger charge is -2.13. The van der Waals surface area contributed by atoms with E-state index in [9.17, 15) is 9.59 Å². The fourth-order valence-corrected chi connectivity index (χ4v) is 2.07. The van der Waals surface area contributed by atoms with Crippen molar-refractivity contribution in [1.29, 1.82) is 0 Å². The van der Waals surface area contributed by atoms with Crippen molar-refractivity contribution in [3.63, 3.8) is 0 Å². The molecule has 1 heterocycles. The average molecular weight is 297 g/mol. The Labute approximate surface area is 129 Å². The number of hydrogen-bond acceptors (Lipinski definition) is 3. The molecular formula is C17H19N3O2. The number of para-hydroxylation sites is 1. The third-order valence-corrected chi connectivity index (χ3v) is 3.28. The highest BCUT2D eigenvalue weighted by Crippen LogP contribution is 2.23. The van der Waals surface area contributed by atoms with E-state index in [-0.39, 0.29) is 5.92 Å². The van der Waals surface area contributed by atoms with Crippen LogP contribution in [0.2, 0.25) is 0 Å². The Bertz CT molecular complexity index is 696. The van der Waals surface area contributed by atoms with E-state index < -0.39 is 11.8 Å². The van der Waals surface area contributed by atoms with E-state index in [0.29, 0.717) is 11.5 Å². The highest BCUT2D eigenvalue weighted by atomic mass is 16.2. The molecule has 114 valence electrons. The number of nitrogens with zero attached hydrogens (tertiary/aromatic N) is 1. The van der Waals surface area contributed by atoms with Gasteiger partial charge in [0, 0.05) is 11.9 Å². The second kappa shape index (κ2) is 6.85. The van der Waals surface area contributed by atoms with Crippen molar-refractivity contribution >= 4 is 23.3 Å². The lowest BCUT2D eigenvalue weighted by atomic mass is 10.0. The van der Waals surface area contributed by atoms with Crippen molar-refractivity contribution in [2.24, 2.45) is 0 Å². The maximum atomic E-state index is 12.1. The second-order valence-corrected chi connectivity index (χ2v) is 5.32. The first-order valence-corrected chi connectivity index (χ1v) is 7.12. The fraction of sp³-hybridized carbons (Fsp3) is 0.235. The highest BCUT2D eigenvalue weighted by molar-refractivity contribution is 6.43. The van der Waals surface area contributed by atoms with Crippen LogP contribution in [-0.4, -0.2) is 16.8 Å². The smallest absolute Gasteiger partial charge is 0.315 e. The van der Waals surface area contributed by atoms with Crippen LogP contribution >= 0.6 is 0 Å². The molecule has 0 unspecified atom stereocenters. The standard InChI is InChI=1S/C17H19N3O2/c1-11(2)13-8-4-5-9-14(13)19-16(21)17(22)20-15-12(3)7-6-10-18-15/h4-11H,1-3H3,(H,19,21)(H,18,20,22). The number of carbonyl (C=O) groups is 2.